The van der Waals surface area contributed by atoms with E-state index in [9.17, 15) is 9.59 Å². The van der Waals surface area contributed by atoms with Gasteiger partial charge in [0.2, 0.25) is 5.91 Å². The van der Waals surface area contributed by atoms with E-state index in [0.29, 0.717) is 48.5 Å². The minimum absolute atomic E-state index is 0.00939. The molecule has 0 saturated carbocycles. The summed E-state index contributed by atoms with van der Waals surface area (Å²) < 4.78 is 7.05. The summed E-state index contributed by atoms with van der Waals surface area (Å²) in [4.78, 5) is 30.8. The Balaban J connectivity index is 1.52. The van der Waals surface area contributed by atoms with Crippen molar-refractivity contribution in [2.45, 2.75) is 31.8 Å². The molecule has 10 heteroatoms. The van der Waals surface area contributed by atoms with E-state index in [1.165, 1.54) is 11.8 Å². The number of thioether (sulfide) groups is 1. The van der Waals surface area contributed by atoms with Gasteiger partial charge in [-0.1, -0.05) is 29.4 Å². The zero-order valence-corrected chi connectivity index (χ0v) is 20.7. The number of nitrogens with zero attached hydrogens (tertiary/aromatic N) is 5. The van der Waals surface area contributed by atoms with Crippen LogP contribution in [0.25, 0.3) is 17.1 Å². The predicted molar refractivity (Wildman–Crippen MR) is 131 cm³/mol. The Hall–Kier alpha value is -2.91. The molecule has 1 saturated heterocycles. The van der Waals surface area contributed by atoms with Crippen LogP contribution in [-0.4, -0.2) is 62.0 Å². The molecule has 1 aliphatic heterocycles. The van der Waals surface area contributed by atoms with Crippen LogP contribution in [-0.2, 0) is 14.3 Å². The van der Waals surface area contributed by atoms with Crippen LogP contribution in [0.1, 0.15) is 25.3 Å². The zero-order valence-electron chi connectivity index (χ0n) is 19.1. The molecular weight excluding hydrogens is 474 g/mol. The van der Waals surface area contributed by atoms with E-state index in [4.69, 9.17) is 16.3 Å². The van der Waals surface area contributed by atoms with Gasteiger partial charge < -0.3 is 9.64 Å². The average molecular weight is 500 g/mol. The summed E-state index contributed by atoms with van der Waals surface area (Å²) in [5.41, 5.74) is 2.61. The Bertz CT molecular complexity index is 1160. The normalized spacial score (nSPS) is 14.3. The van der Waals surface area contributed by atoms with Gasteiger partial charge in [0.15, 0.2) is 11.0 Å². The van der Waals surface area contributed by atoms with Gasteiger partial charge >= 0.3 is 5.97 Å². The lowest BCUT2D eigenvalue weighted by Gasteiger charge is -2.30. The monoisotopic (exact) mass is 499 g/mol. The van der Waals surface area contributed by atoms with Crippen LogP contribution in [0.3, 0.4) is 0 Å². The van der Waals surface area contributed by atoms with Crippen molar-refractivity contribution in [2.75, 3.05) is 25.4 Å². The second kappa shape index (κ2) is 11.0. The number of hydrogen-bond donors (Lipinski definition) is 0. The summed E-state index contributed by atoms with van der Waals surface area (Å²) in [5, 5.41) is 10.1. The van der Waals surface area contributed by atoms with Gasteiger partial charge in [-0.3, -0.25) is 19.1 Å². The Labute approximate surface area is 207 Å². The summed E-state index contributed by atoms with van der Waals surface area (Å²) in [6.45, 7) is 5.22. The van der Waals surface area contributed by atoms with E-state index >= 15 is 0 Å². The minimum Gasteiger partial charge on any atom is -0.466 e. The molecule has 1 aliphatic rings. The molecule has 0 radical (unpaired) electrons. The first-order valence-corrected chi connectivity index (χ1v) is 12.5. The molecule has 4 rings (SSSR count). The molecule has 178 valence electrons. The number of amides is 1. The number of hydrogen-bond acceptors (Lipinski definition) is 7. The number of likely N-dealkylation sites (tertiary alicyclic amines) is 1. The fourth-order valence-corrected chi connectivity index (χ4v) is 4.97. The summed E-state index contributed by atoms with van der Waals surface area (Å²) in [7, 11) is 0. The van der Waals surface area contributed by atoms with E-state index < -0.39 is 0 Å². The molecule has 34 heavy (non-hydrogen) atoms. The molecule has 0 spiro atoms. The van der Waals surface area contributed by atoms with Gasteiger partial charge in [-0.25, -0.2) is 0 Å². The molecule has 1 fully saturated rings. The Morgan fingerprint density at radius 2 is 1.88 bits per heavy atom. The molecule has 1 aromatic carbocycles. The van der Waals surface area contributed by atoms with Crippen LogP contribution in [0.5, 0.6) is 0 Å². The topological polar surface area (TPSA) is 90.2 Å². The van der Waals surface area contributed by atoms with Crippen molar-refractivity contribution in [3.05, 3.63) is 53.3 Å². The molecule has 0 unspecified atom stereocenters. The van der Waals surface area contributed by atoms with Crippen molar-refractivity contribution in [1.82, 2.24) is 24.6 Å². The lowest BCUT2D eigenvalue weighted by Crippen LogP contribution is -2.41. The standard InChI is InChI=1S/C24H26ClN5O3S/c1-3-33-23(32)18-9-13-29(14-10-18)21(31)15-34-24-28-27-22(17-7-11-26-12-8-17)30(24)20-6-4-5-19(25)16(20)2/h4-8,11-12,18H,3,9-10,13-15H2,1-2H3. The Morgan fingerprint density at radius 1 is 1.15 bits per heavy atom. The third-order valence-corrected chi connectivity index (χ3v) is 7.17. The minimum atomic E-state index is -0.169. The van der Waals surface area contributed by atoms with E-state index in [-0.39, 0.29) is 23.5 Å². The molecule has 8 nitrogen and oxygen atoms in total. The number of rotatable bonds is 7. The number of aromatic nitrogens is 4. The molecule has 1 amide bonds. The number of halogens is 1. The number of benzene rings is 1. The summed E-state index contributed by atoms with van der Waals surface area (Å²) in [6, 6.07) is 9.42. The van der Waals surface area contributed by atoms with E-state index in [0.717, 1.165) is 16.8 Å². The molecule has 0 atom stereocenters. The summed E-state index contributed by atoms with van der Waals surface area (Å²) in [6.07, 6.45) is 4.66. The van der Waals surface area contributed by atoms with E-state index in [2.05, 4.69) is 15.2 Å². The van der Waals surface area contributed by atoms with Crippen molar-refractivity contribution >= 4 is 35.2 Å². The van der Waals surface area contributed by atoms with Gasteiger partial charge in [0.25, 0.3) is 0 Å². The number of carbonyl (C=O) groups excluding carboxylic acids is 2. The summed E-state index contributed by atoms with van der Waals surface area (Å²) in [5.74, 6) is 0.581. The highest BCUT2D eigenvalue weighted by Gasteiger charge is 2.28. The first-order valence-electron chi connectivity index (χ1n) is 11.2. The average Bonchev–Trinajstić information content (AvgIpc) is 3.28. The number of carbonyl (C=O) groups is 2. The molecule has 0 bridgehead atoms. The molecule has 0 N–H and O–H groups in total. The Kier molecular flexibility index (Phi) is 7.84. The van der Waals surface area contributed by atoms with E-state index in [1.54, 1.807) is 24.2 Å². The van der Waals surface area contributed by atoms with Crippen molar-refractivity contribution in [1.29, 1.82) is 0 Å². The van der Waals surface area contributed by atoms with Crippen LogP contribution < -0.4 is 0 Å². The highest BCUT2D eigenvalue weighted by Crippen LogP contribution is 2.32. The molecule has 3 heterocycles. The van der Waals surface area contributed by atoms with Crippen LogP contribution in [0.4, 0.5) is 0 Å². The van der Waals surface area contributed by atoms with Crippen molar-refractivity contribution < 1.29 is 14.3 Å². The molecule has 2 aromatic heterocycles. The fraction of sp³-hybridized carbons (Fsp3) is 0.375. The van der Waals surface area contributed by atoms with Crippen molar-refractivity contribution in [2.24, 2.45) is 5.92 Å². The first-order chi connectivity index (χ1) is 16.5. The van der Waals surface area contributed by atoms with Gasteiger partial charge in [0.05, 0.1) is 24.0 Å². The third-order valence-electron chi connectivity index (χ3n) is 5.84. The maximum absolute atomic E-state index is 12.9. The molecule has 0 aliphatic carbocycles. The highest BCUT2D eigenvalue weighted by atomic mass is 35.5. The van der Waals surface area contributed by atoms with Gasteiger partial charge in [-0.15, -0.1) is 10.2 Å². The number of esters is 1. The maximum Gasteiger partial charge on any atom is 0.309 e. The van der Waals surface area contributed by atoms with E-state index in [1.807, 2.05) is 41.8 Å². The zero-order chi connectivity index (χ0) is 24.1. The Morgan fingerprint density at radius 3 is 2.59 bits per heavy atom. The van der Waals surface area contributed by atoms with Crippen LogP contribution in [0, 0.1) is 12.8 Å². The first kappa shape index (κ1) is 24.2. The third kappa shape index (κ3) is 5.26. The number of piperidine rings is 1. The van der Waals surface area contributed by atoms with Crippen molar-refractivity contribution in [3.63, 3.8) is 0 Å². The van der Waals surface area contributed by atoms with Crippen LogP contribution in [0.2, 0.25) is 5.02 Å². The fourth-order valence-electron chi connectivity index (χ4n) is 3.95. The van der Waals surface area contributed by atoms with Gasteiger partial charge in [-0.05, 0) is 56.5 Å². The second-order valence-corrected chi connectivity index (χ2v) is 9.31. The lowest BCUT2D eigenvalue weighted by atomic mass is 9.97. The van der Waals surface area contributed by atoms with Gasteiger partial charge in [-0.2, -0.15) is 0 Å². The van der Waals surface area contributed by atoms with Crippen molar-refractivity contribution in [3.8, 4) is 17.1 Å². The van der Waals surface area contributed by atoms with Gasteiger partial charge in [0, 0.05) is 36.1 Å². The largest absolute Gasteiger partial charge is 0.466 e. The number of ether oxygens (including phenoxy) is 1. The quantitative estimate of drug-likeness (QED) is 0.355. The smallest absolute Gasteiger partial charge is 0.309 e. The number of pyridine rings is 1. The second-order valence-electron chi connectivity index (χ2n) is 7.96. The van der Waals surface area contributed by atoms with Crippen LogP contribution in [0.15, 0.2) is 47.9 Å². The maximum atomic E-state index is 12.9. The van der Waals surface area contributed by atoms with Crippen LogP contribution >= 0.6 is 23.4 Å². The van der Waals surface area contributed by atoms with Gasteiger partial charge in [0.1, 0.15) is 0 Å². The summed E-state index contributed by atoms with van der Waals surface area (Å²) >= 11 is 7.74. The molecule has 3 aromatic rings. The SMILES string of the molecule is CCOC(=O)C1CCN(C(=O)CSc2nnc(-c3ccncc3)n2-c2cccc(Cl)c2C)CC1. The highest BCUT2D eigenvalue weighted by molar-refractivity contribution is 7.99. The predicted octanol–water partition coefficient (Wildman–Crippen LogP) is 4.18. The lowest BCUT2D eigenvalue weighted by molar-refractivity contribution is -0.151. The molecular formula is C24H26ClN5O3S.